The summed E-state index contributed by atoms with van der Waals surface area (Å²) in [5.74, 6) is 1.39. The normalized spacial score (nSPS) is 46.0. The van der Waals surface area contributed by atoms with E-state index in [0.29, 0.717) is 12.5 Å². The van der Waals surface area contributed by atoms with E-state index in [2.05, 4.69) is 13.8 Å². The Kier molecular flexibility index (Phi) is 1.59. The Morgan fingerprint density at radius 3 is 2.58 bits per heavy atom. The number of hydrogen-bond donors (Lipinski definition) is 2. The van der Waals surface area contributed by atoms with E-state index in [4.69, 9.17) is 5.73 Å². The molecule has 3 N–H and O–H groups in total. The van der Waals surface area contributed by atoms with Gasteiger partial charge in [0.05, 0.1) is 5.60 Å². The van der Waals surface area contributed by atoms with Crippen molar-refractivity contribution in [2.45, 2.75) is 38.7 Å². The van der Waals surface area contributed by atoms with E-state index >= 15 is 0 Å². The van der Waals surface area contributed by atoms with Crippen LogP contribution < -0.4 is 5.73 Å². The SMILES string of the molecule is CC(C)(CN)C1(O)CCC2CC21. The van der Waals surface area contributed by atoms with Gasteiger partial charge in [0.1, 0.15) is 0 Å². The summed E-state index contributed by atoms with van der Waals surface area (Å²) in [7, 11) is 0. The lowest BCUT2D eigenvalue weighted by molar-refractivity contribution is -0.0748. The first-order chi connectivity index (χ1) is 5.51. The van der Waals surface area contributed by atoms with Gasteiger partial charge in [-0.15, -0.1) is 0 Å². The number of nitrogens with two attached hydrogens (primary N) is 1. The molecule has 0 aromatic rings. The molecule has 0 spiro atoms. The maximum Gasteiger partial charge on any atom is 0.0741 e. The average Bonchev–Trinajstić information content (AvgIpc) is 2.74. The highest BCUT2D eigenvalue weighted by Gasteiger charge is 2.62. The summed E-state index contributed by atoms with van der Waals surface area (Å²) in [4.78, 5) is 0. The Bertz CT molecular complexity index is 202. The maximum absolute atomic E-state index is 10.4. The molecule has 0 bridgehead atoms. The average molecular weight is 169 g/mol. The summed E-state index contributed by atoms with van der Waals surface area (Å²) < 4.78 is 0. The molecule has 2 aliphatic rings. The summed E-state index contributed by atoms with van der Waals surface area (Å²) in [6.45, 7) is 4.77. The van der Waals surface area contributed by atoms with E-state index in [1.807, 2.05) is 0 Å². The maximum atomic E-state index is 10.4. The lowest BCUT2D eigenvalue weighted by Crippen LogP contribution is -2.49. The second kappa shape index (κ2) is 2.24. The van der Waals surface area contributed by atoms with E-state index in [1.54, 1.807) is 0 Å². The molecule has 2 aliphatic carbocycles. The van der Waals surface area contributed by atoms with Crippen molar-refractivity contribution in [1.82, 2.24) is 0 Å². The van der Waals surface area contributed by atoms with E-state index in [9.17, 15) is 5.11 Å². The van der Waals surface area contributed by atoms with Gasteiger partial charge in [-0.3, -0.25) is 0 Å². The predicted octanol–water partition coefficient (Wildman–Crippen LogP) is 1.13. The second-order valence-electron chi connectivity index (χ2n) is 5.15. The van der Waals surface area contributed by atoms with Crippen LogP contribution in [0.25, 0.3) is 0 Å². The van der Waals surface area contributed by atoms with Gasteiger partial charge in [-0.25, -0.2) is 0 Å². The van der Waals surface area contributed by atoms with Crippen molar-refractivity contribution < 1.29 is 5.11 Å². The van der Waals surface area contributed by atoms with Gasteiger partial charge in [0.15, 0.2) is 0 Å². The molecule has 0 radical (unpaired) electrons. The quantitative estimate of drug-likeness (QED) is 0.651. The van der Waals surface area contributed by atoms with Crippen molar-refractivity contribution in [2.75, 3.05) is 6.54 Å². The van der Waals surface area contributed by atoms with Crippen molar-refractivity contribution >= 4 is 0 Å². The fraction of sp³-hybridized carbons (Fsp3) is 1.00. The molecule has 0 amide bonds. The van der Waals surface area contributed by atoms with Crippen LogP contribution in [0.5, 0.6) is 0 Å². The first-order valence-corrected chi connectivity index (χ1v) is 4.94. The minimum absolute atomic E-state index is 0.0943. The number of fused-ring (bicyclic) bond motifs is 1. The van der Waals surface area contributed by atoms with Crippen molar-refractivity contribution in [3.8, 4) is 0 Å². The Morgan fingerprint density at radius 1 is 1.58 bits per heavy atom. The highest BCUT2D eigenvalue weighted by molar-refractivity contribution is 5.13. The van der Waals surface area contributed by atoms with Crippen LogP contribution in [0, 0.1) is 17.3 Å². The number of hydrogen-bond acceptors (Lipinski definition) is 2. The summed E-state index contributed by atoms with van der Waals surface area (Å²) in [5, 5.41) is 10.4. The predicted molar refractivity (Wildman–Crippen MR) is 48.6 cm³/mol. The third-order valence-corrected chi connectivity index (χ3v) is 4.11. The topological polar surface area (TPSA) is 46.2 Å². The van der Waals surface area contributed by atoms with Crippen LogP contribution in [-0.2, 0) is 0 Å². The molecular weight excluding hydrogens is 150 g/mol. The number of rotatable bonds is 2. The van der Waals surface area contributed by atoms with Gasteiger partial charge in [0.25, 0.3) is 0 Å². The Morgan fingerprint density at radius 2 is 2.25 bits per heavy atom. The molecule has 2 fully saturated rings. The van der Waals surface area contributed by atoms with Gasteiger partial charge in [0, 0.05) is 12.0 Å². The third-order valence-electron chi connectivity index (χ3n) is 4.11. The van der Waals surface area contributed by atoms with Crippen LogP contribution in [0.4, 0.5) is 0 Å². The molecule has 0 saturated heterocycles. The highest BCUT2D eigenvalue weighted by atomic mass is 16.3. The van der Waals surface area contributed by atoms with Crippen LogP contribution in [0.2, 0.25) is 0 Å². The fourth-order valence-corrected chi connectivity index (χ4v) is 2.76. The van der Waals surface area contributed by atoms with Crippen LogP contribution in [0.15, 0.2) is 0 Å². The monoisotopic (exact) mass is 169 g/mol. The van der Waals surface area contributed by atoms with Crippen LogP contribution in [0.3, 0.4) is 0 Å². The molecule has 2 nitrogen and oxygen atoms in total. The van der Waals surface area contributed by atoms with Gasteiger partial charge >= 0.3 is 0 Å². The second-order valence-corrected chi connectivity index (χ2v) is 5.15. The van der Waals surface area contributed by atoms with Crippen molar-refractivity contribution in [3.05, 3.63) is 0 Å². The third kappa shape index (κ3) is 0.882. The standard InChI is InChI=1S/C10H19NO/c1-9(2,6-11)10(12)4-3-7-5-8(7)10/h7-8,12H,3-6,11H2,1-2H3. The molecule has 3 unspecified atom stereocenters. The lowest BCUT2D eigenvalue weighted by Gasteiger charge is -2.40. The Hall–Kier alpha value is -0.0800. The summed E-state index contributed by atoms with van der Waals surface area (Å²) >= 11 is 0. The van der Waals surface area contributed by atoms with Gasteiger partial charge in [-0.05, 0) is 31.1 Å². The van der Waals surface area contributed by atoms with Crippen molar-refractivity contribution in [2.24, 2.45) is 23.0 Å². The molecular formula is C10H19NO. The first kappa shape index (κ1) is 8.52. The van der Waals surface area contributed by atoms with Gasteiger partial charge in [0.2, 0.25) is 0 Å². The molecule has 0 heterocycles. The van der Waals surface area contributed by atoms with Crippen LogP contribution >= 0.6 is 0 Å². The summed E-state index contributed by atoms with van der Waals surface area (Å²) in [5.41, 5.74) is 5.15. The molecule has 0 aromatic heterocycles. The Balaban J connectivity index is 2.20. The molecule has 2 rings (SSSR count). The zero-order valence-corrected chi connectivity index (χ0v) is 8.01. The zero-order valence-electron chi connectivity index (χ0n) is 8.01. The first-order valence-electron chi connectivity index (χ1n) is 4.94. The van der Waals surface area contributed by atoms with Gasteiger partial charge in [-0.1, -0.05) is 13.8 Å². The molecule has 70 valence electrons. The summed E-state index contributed by atoms with van der Waals surface area (Å²) in [6.07, 6.45) is 3.41. The van der Waals surface area contributed by atoms with E-state index < -0.39 is 5.60 Å². The van der Waals surface area contributed by atoms with Crippen LogP contribution in [-0.4, -0.2) is 17.3 Å². The fourth-order valence-electron chi connectivity index (χ4n) is 2.76. The minimum atomic E-state index is -0.452. The van der Waals surface area contributed by atoms with E-state index in [0.717, 1.165) is 12.3 Å². The highest BCUT2D eigenvalue weighted by Crippen LogP contribution is 2.62. The summed E-state index contributed by atoms with van der Waals surface area (Å²) in [6, 6.07) is 0. The molecule has 2 heteroatoms. The molecule has 0 aliphatic heterocycles. The molecule has 12 heavy (non-hydrogen) atoms. The Labute approximate surface area is 74.1 Å². The molecule has 3 atom stereocenters. The molecule has 2 saturated carbocycles. The minimum Gasteiger partial charge on any atom is -0.389 e. The van der Waals surface area contributed by atoms with Gasteiger partial charge in [-0.2, -0.15) is 0 Å². The molecule has 0 aromatic carbocycles. The smallest absolute Gasteiger partial charge is 0.0741 e. The van der Waals surface area contributed by atoms with Crippen molar-refractivity contribution in [1.29, 1.82) is 0 Å². The van der Waals surface area contributed by atoms with E-state index in [-0.39, 0.29) is 5.41 Å². The van der Waals surface area contributed by atoms with E-state index in [1.165, 1.54) is 12.8 Å². The zero-order chi connectivity index (χ0) is 8.98. The lowest BCUT2D eigenvalue weighted by atomic mass is 9.71. The van der Waals surface area contributed by atoms with Crippen LogP contribution in [0.1, 0.15) is 33.1 Å². The van der Waals surface area contributed by atoms with Crippen molar-refractivity contribution in [3.63, 3.8) is 0 Å². The number of aliphatic hydroxyl groups is 1. The van der Waals surface area contributed by atoms with Gasteiger partial charge < -0.3 is 10.8 Å². The largest absolute Gasteiger partial charge is 0.389 e.